The van der Waals surface area contributed by atoms with Crippen molar-refractivity contribution in [1.29, 1.82) is 0 Å². The van der Waals surface area contributed by atoms with Crippen LogP contribution in [0.25, 0.3) is 16.6 Å². The number of fused-ring (bicyclic) bond motifs is 1. The minimum absolute atomic E-state index is 0.219. The van der Waals surface area contributed by atoms with Gasteiger partial charge in [0.05, 0.1) is 4.47 Å². The maximum absolute atomic E-state index is 12.3. The molecule has 0 atom stereocenters. The number of aromatic nitrogens is 2. The summed E-state index contributed by atoms with van der Waals surface area (Å²) in [4.78, 5) is 28.4. The maximum Gasteiger partial charge on any atom is 0.413 e. The molecule has 0 saturated heterocycles. The van der Waals surface area contributed by atoms with Gasteiger partial charge in [-0.05, 0) is 68.2 Å². The number of halogens is 1. The van der Waals surface area contributed by atoms with Crippen LogP contribution in [0, 0.1) is 6.92 Å². The molecule has 0 fully saturated rings. The van der Waals surface area contributed by atoms with E-state index in [1.165, 1.54) is 0 Å². The van der Waals surface area contributed by atoms with Gasteiger partial charge in [-0.3, -0.25) is 10.1 Å². The number of ether oxygens (including phenoxy) is 1. The van der Waals surface area contributed by atoms with Gasteiger partial charge in [-0.2, -0.15) is 0 Å². The van der Waals surface area contributed by atoms with Crippen LogP contribution in [0.3, 0.4) is 0 Å². The van der Waals surface area contributed by atoms with Crippen LogP contribution in [0.15, 0.2) is 53.3 Å². The van der Waals surface area contributed by atoms with E-state index in [0.29, 0.717) is 17.1 Å². The molecule has 162 valence electrons. The smallest absolute Gasteiger partial charge is 0.413 e. The SMILES string of the molecule is C=C(C)C(=O)Nc1ccc(-c2c(Br)c3c(NC(=O)OC(C)(C)C)nccn3c2C)cc1. The molecule has 0 radical (unpaired) electrons. The third kappa shape index (κ3) is 4.96. The second kappa shape index (κ2) is 8.55. The molecule has 7 nitrogen and oxygen atoms in total. The highest BCUT2D eigenvalue weighted by molar-refractivity contribution is 9.10. The van der Waals surface area contributed by atoms with Crippen molar-refractivity contribution in [3.8, 4) is 11.1 Å². The minimum Gasteiger partial charge on any atom is -0.444 e. The molecule has 2 aromatic heterocycles. The van der Waals surface area contributed by atoms with E-state index in [1.54, 1.807) is 33.9 Å². The summed E-state index contributed by atoms with van der Waals surface area (Å²) >= 11 is 3.69. The number of aryl methyl sites for hydroxylation is 1. The zero-order valence-electron chi connectivity index (χ0n) is 18.2. The molecule has 0 bridgehead atoms. The third-order valence-electron chi connectivity index (χ3n) is 4.47. The van der Waals surface area contributed by atoms with Crippen molar-refractivity contribution in [3.63, 3.8) is 0 Å². The van der Waals surface area contributed by atoms with Crippen molar-refractivity contribution in [2.45, 2.75) is 40.2 Å². The van der Waals surface area contributed by atoms with Gasteiger partial charge in [0.15, 0.2) is 5.82 Å². The molecule has 0 saturated carbocycles. The first-order chi connectivity index (χ1) is 14.5. The minimum atomic E-state index is -0.614. The molecule has 3 aromatic rings. The Morgan fingerprint density at radius 2 is 1.81 bits per heavy atom. The predicted molar refractivity (Wildman–Crippen MR) is 126 cm³/mol. The van der Waals surface area contributed by atoms with E-state index in [2.05, 4.69) is 38.1 Å². The summed E-state index contributed by atoms with van der Waals surface area (Å²) in [7, 11) is 0. The van der Waals surface area contributed by atoms with Gasteiger partial charge < -0.3 is 14.5 Å². The summed E-state index contributed by atoms with van der Waals surface area (Å²) in [5.41, 5.74) is 4.11. The van der Waals surface area contributed by atoms with Crippen molar-refractivity contribution >= 4 is 45.0 Å². The number of carbonyl (C=O) groups is 2. The Kier molecular flexibility index (Phi) is 6.22. The van der Waals surface area contributed by atoms with Crippen LogP contribution in [0.1, 0.15) is 33.4 Å². The lowest BCUT2D eigenvalue weighted by Crippen LogP contribution is -2.27. The molecule has 3 rings (SSSR count). The Bertz CT molecular complexity index is 1170. The van der Waals surface area contributed by atoms with Crippen LogP contribution in [0.5, 0.6) is 0 Å². The average molecular weight is 485 g/mol. The van der Waals surface area contributed by atoms with Gasteiger partial charge in [0.25, 0.3) is 5.91 Å². The van der Waals surface area contributed by atoms with Gasteiger partial charge in [-0.15, -0.1) is 0 Å². The van der Waals surface area contributed by atoms with Gasteiger partial charge in [0.2, 0.25) is 0 Å². The molecule has 0 spiro atoms. The van der Waals surface area contributed by atoms with Crippen molar-refractivity contribution in [2.75, 3.05) is 10.6 Å². The monoisotopic (exact) mass is 484 g/mol. The lowest BCUT2D eigenvalue weighted by Gasteiger charge is -2.19. The summed E-state index contributed by atoms with van der Waals surface area (Å²) in [5.74, 6) is 0.173. The molecular weight excluding hydrogens is 460 g/mol. The molecule has 8 heteroatoms. The Hall–Kier alpha value is -3.13. The summed E-state index contributed by atoms with van der Waals surface area (Å²) in [6, 6.07) is 7.52. The normalized spacial score (nSPS) is 11.3. The highest BCUT2D eigenvalue weighted by Gasteiger charge is 2.22. The number of nitrogens with zero attached hydrogens (tertiary/aromatic N) is 2. The summed E-state index contributed by atoms with van der Waals surface area (Å²) in [6.45, 7) is 12.7. The third-order valence-corrected chi connectivity index (χ3v) is 5.25. The average Bonchev–Trinajstić information content (AvgIpc) is 2.92. The highest BCUT2D eigenvalue weighted by atomic mass is 79.9. The molecule has 0 aliphatic heterocycles. The topological polar surface area (TPSA) is 84.7 Å². The molecule has 2 amide bonds. The zero-order chi connectivity index (χ0) is 22.9. The molecule has 0 aliphatic carbocycles. The second-order valence-corrected chi connectivity index (χ2v) is 9.00. The largest absolute Gasteiger partial charge is 0.444 e. The van der Waals surface area contributed by atoms with Crippen LogP contribution in [0.4, 0.5) is 16.3 Å². The van der Waals surface area contributed by atoms with Crippen molar-refractivity contribution in [1.82, 2.24) is 9.38 Å². The van der Waals surface area contributed by atoms with Crippen LogP contribution in [0.2, 0.25) is 0 Å². The summed E-state index contributed by atoms with van der Waals surface area (Å²) in [6.07, 6.45) is 2.89. The first kappa shape index (κ1) is 22.6. The first-order valence-corrected chi connectivity index (χ1v) is 10.5. The van der Waals surface area contributed by atoms with Crippen molar-refractivity contribution in [3.05, 3.63) is 59.0 Å². The number of hydrogen-bond acceptors (Lipinski definition) is 4. The van der Waals surface area contributed by atoms with Gasteiger partial charge in [0.1, 0.15) is 11.1 Å². The van der Waals surface area contributed by atoms with Crippen molar-refractivity contribution in [2.24, 2.45) is 0 Å². The number of nitrogens with one attached hydrogen (secondary N) is 2. The number of benzene rings is 1. The molecule has 0 unspecified atom stereocenters. The maximum atomic E-state index is 12.3. The number of carbonyl (C=O) groups excluding carboxylic acids is 2. The Balaban J connectivity index is 1.98. The Labute approximate surface area is 189 Å². The fraction of sp³-hybridized carbons (Fsp3) is 0.261. The zero-order valence-corrected chi connectivity index (χ0v) is 19.8. The first-order valence-electron chi connectivity index (χ1n) is 9.70. The van der Waals surface area contributed by atoms with E-state index in [-0.39, 0.29) is 5.91 Å². The number of rotatable bonds is 4. The quantitative estimate of drug-likeness (QED) is 0.449. The molecule has 1 aromatic carbocycles. The van der Waals surface area contributed by atoms with Gasteiger partial charge >= 0.3 is 6.09 Å². The predicted octanol–water partition coefficient (Wildman–Crippen LogP) is 5.93. The number of hydrogen-bond donors (Lipinski definition) is 2. The standard InChI is InChI=1S/C23H25BrN4O3/c1-13(2)21(29)26-16-9-7-15(8-10-16)17-14(3)28-12-11-25-20(19(28)18(17)24)27-22(30)31-23(4,5)6/h7-12H,1H2,2-6H3,(H,26,29)(H,25,27,30). The van der Waals surface area contributed by atoms with Crippen LogP contribution in [-0.4, -0.2) is 27.0 Å². The molecular formula is C23H25BrN4O3. The lowest BCUT2D eigenvalue weighted by atomic mass is 10.1. The fourth-order valence-corrected chi connectivity index (χ4v) is 3.99. The van der Waals surface area contributed by atoms with Gasteiger partial charge in [0, 0.05) is 34.9 Å². The van der Waals surface area contributed by atoms with Gasteiger partial charge in [-0.25, -0.2) is 9.78 Å². The molecule has 0 aliphatic rings. The second-order valence-electron chi connectivity index (χ2n) is 8.21. The van der Waals surface area contributed by atoms with Gasteiger partial charge in [-0.1, -0.05) is 18.7 Å². The Morgan fingerprint density at radius 3 is 2.39 bits per heavy atom. The lowest BCUT2D eigenvalue weighted by molar-refractivity contribution is -0.112. The van der Waals surface area contributed by atoms with Crippen molar-refractivity contribution < 1.29 is 14.3 Å². The molecule has 31 heavy (non-hydrogen) atoms. The van der Waals surface area contributed by atoms with Crippen LogP contribution >= 0.6 is 15.9 Å². The number of amides is 2. The highest BCUT2D eigenvalue weighted by Crippen LogP contribution is 2.39. The van der Waals surface area contributed by atoms with E-state index < -0.39 is 11.7 Å². The van der Waals surface area contributed by atoms with E-state index in [4.69, 9.17) is 4.74 Å². The Morgan fingerprint density at radius 1 is 1.16 bits per heavy atom. The van der Waals surface area contributed by atoms with E-state index in [1.807, 2.05) is 41.8 Å². The van der Waals surface area contributed by atoms with Crippen LogP contribution < -0.4 is 10.6 Å². The summed E-state index contributed by atoms with van der Waals surface area (Å²) in [5, 5.41) is 5.54. The number of anilines is 2. The van der Waals surface area contributed by atoms with E-state index >= 15 is 0 Å². The van der Waals surface area contributed by atoms with E-state index in [0.717, 1.165) is 26.8 Å². The van der Waals surface area contributed by atoms with Crippen LogP contribution in [-0.2, 0) is 9.53 Å². The molecule has 2 N–H and O–H groups in total. The van der Waals surface area contributed by atoms with E-state index in [9.17, 15) is 9.59 Å². The fourth-order valence-electron chi connectivity index (χ4n) is 3.10. The summed E-state index contributed by atoms with van der Waals surface area (Å²) < 4.78 is 8.11. The molecule has 2 heterocycles.